The van der Waals surface area contributed by atoms with Crippen molar-refractivity contribution in [3.05, 3.63) is 120 Å². The molecule has 1 atom stereocenters. The minimum Gasteiger partial charge on any atom is -0.492 e. The molecule has 0 aliphatic rings. The molecule has 0 fully saturated rings. The predicted octanol–water partition coefficient (Wildman–Crippen LogP) is 4.48. The van der Waals surface area contributed by atoms with Gasteiger partial charge in [0.05, 0.1) is 12.2 Å². The molecule has 4 aromatic rings. The highest BCUT2D eigenvalue weighted by Gasteiger charge is 2.21. The predicted molar refractivity (Wildman–Crippen MR) is 149 cm³/mol. The van der Waals surface area contributed by atoms with Gasteiger partial charge in [-0.1, -0.05) is 60.7 Å². The Balaban J connectivity index is 1.18. The molecule has 0 aliphatic carbocycles. The van der Waals surface area contributed by atoms with Crippen LogP contribution in [0.1, 0.15) is 21.5 Å². The summed E-state index contributed by atoms with van der Waals surface area (Å²) in [4.78, 5) is 40.5. The second-order valence-corrected chi connectivity index (χ2v) is 8.84. The molecule has 3 aromatic carbocycles. The number of carbonyl (C=O) groups excluding carboxylic acids is 2. The monoisotopic (exact) mass is 539 g/mol. The number of hydrogen-bond donors (Lipinski definition) is 3. The fraction of sp³-hybridized carbons (Fsp3) is 0.161. The summed E-state index contributed by atoms with van der Waals surface area (Å²) in [5.74, 6) is -0.806. The first-order chi connectivity index (χ1) is 19.5. The second-order valence-electron chi connectivity index (χ2n) is 8.84. The van der Waals surface area contributed by atoms with E-state index in [0.29, 0.717) is 23.4 Å². The number of aliphatic carboxylic acids is 1. The van der Waals surface area contributed by atoms with Gasteiger partial charge in [-0.2, -0.15) is 0 Å². The van der Waals surface area contributed by atoms with Gasteiger partial charge in [0.25, 0.3) is 5.91 Å². The van der Waals surface area contributed by atoms with Gasteiger partial charge in [-0.15, -0.1) is 0 Å². The van der Waals surface area contributed by atoms with Crippen LogP contribution in [-0.4, -0.2) is 47.3 Å². The molecule has 3 N–H and O–H groups in total. The molecule has 0 saturated carbocycles. The Morgan fingerprint density at radius 3 is 2.23 bits per heavy atom. The minimum atomic E-state index is -1.17. The summed E-state index contributed by atoms with van der Waals surface area (Å²) in [6.45, 7) is 0.603. The van der Waals surface area contributed by atoms with Crippen molar-refractivity contribution in [1.82, 2.24) is 15.6 Å². The normalized spacial score (nSPS) is 11.2. The van der Waals surface area contributed by atoms with Crippen molar-refractivity contribution in [2.24, 2.45) is 0 Å². The van der Waals surface area contributed by atoms with E-state index in [-0.39, 0.29) is 25.5 Å². The van der Waals surface area contributed by atoms with E-state index < -0.39 is 18.1 Å². The van der Waals surface area contributed by atoms with Gasteiger partial charge in [-0.05, 0) is 47.5 Å². The first-order valence-electron chi connectivity index (χ1n) is 12.7. The Kier molecular flexibility index (Phi) is 9.82. The first-order valence-corrected chi connectivity index (χ1v) is 12.7. The SMILES string of the molecule is O=C(N[C@@H](Cc1ccc(OCCNC(=O)c2ccc(-c3ccccn3)cc2)cc1)C(=O)O)OCc1ccccc1. The van der Waals surface area contributed by atoms with Crippen molar-refractivity contribution in [3.8, 4) is 17.0 Å². The summed E-state index contributed by atoms with van der Waals surface area (Å²) in [5.41, 5.74) is 3.80. The number of aromatic nitrogens is 1. The number of benzene rings is 3. The van der Waals surface area contributed by atoms with Gasteiger partial charge in [0.1, 0.15) is 25.0 Å². The second kappa shape index (κ2) is 14.1. The highest BCUT2D eigenvalue weighted by molar-refractivity contribution is 5.94. The lowest BCUT2D eigenvalue weighted by Gasteiger charge is -2.15. The number of carboxylic acid groups (broad SMARTS) is 1. The number of pyridine rings is 1. The van der Waals surface area contributed by atoms with Crippen molar-refractivity contribution in [1.29, 1.82) is 0 Å². The molecule has 0 spiro atoms. The third-order valence-electron chi connectivity index (χ3n) is 5.93. The van der Waals surface area contributed by atoms with E-state index in [1.165, 1.54) is 0 Å². The highest BCUT2D eigenvalue weighted by Crippen LogP contribution is 2.17. The number of alkyl carbamates (subject to hydrolysis) is 1. The Morgan fingerprint density at radius 1 is 0.825 bits per heavy atom. The first kappa shape index (κ1) is 27.8. The van der Waals surface area contributed by atoms with Crippen molar-refractivity contribution >= 4 is 18.0 Å². The number of nitrogens with zero attached hydrogens (tertiary/aromatic N) is 1. The van der Waals surface area contributed by atoms with Crippen molar-refractivity contribution in [2.75, 3.05) is 13.2 Å². The molecule has 1 aromatic heterocycles. The highest BCUT2D eigenvalue weighted by atomic mass is 16.5. The van der Waals surface area contributed by atoms with Crippen LogP contribution in [0, 0.1) is 0 Å². The molecule has 0 unspecified atom stereocenters. The van der Waals surface area contributed by atoms with Crippen LogP contribution in [0.3, 0.4) is 0 Å². The number of carboxylic acids is 1. The number of nitrogens with one attached hydrogen (secondary N) is 2. The largest absolute Gasteiger partial charge is 0.492 e. The van der Waals surface area contributed by atoms with Gasteiger partial charge in [0.2, 0.25) is 0 Å². The summed E-state index contributed by atoms with van der Waals surface area (Å²) in [6.07, 6.45) is 0.994. The zero-order valence-corrected chi connectivity index (χ0v) is 21.7. The lowest BCUT2D eigenvalue weighted by Crippen LogP contribution is -2.42. The fourth-order valence-corrected chi connectivity index (χ4v) is 3.83. The molecule has 204 valence electrons. The van der Waals surface area contributed by atoms with Crippen molar-refractivity contribution in [3.63, 3.8) is 0 Å². The van der Waals surface area contributed by atoms with Crippen LogP contribution in [0.4, 0.5) is 4.79 Å². The average Bonchev–Trinajstić information content (AvgIpc) is 2.99. The average molecular weight is 540 g/mol. The number of ether oxygens (including phenoxy) is 2. The van der Waals surface area contributed by atoms with Gasteiger partial charge < -0.3 is 25.2 Å². The Labute approximate surface area is 231 Å². The molecule has 4 rings (SSSR count). The molecule has 0 bridgehead atoms. The maximum absolute atomic E-state index is 12.4. The van der Waals surface area contributed by atoms with Gasteiger partial charge in [0.15, 0.2) is 0 Å². The topological polar surface area (TPSA) is 127 Å². The third-order valence-corrected chi connectivity index (χ3v) is 5.93. The van der Waals surface area contributed by atoms with Crippen LogP contribution in [0.5, 0.6) is 5.75 Å². The number of carbonyl (C=O) groups is 3. The molecule has 2 amide bonds. The lowest BCUT2D eigenvalue weighted by atomic mass is 10.1. The Bertz CT molecular complexity index is 1390. The zero-order chi connectivity index (χ0) is 28.2. The fourth-order valence-electron chi connectivity index (χ4n) is 3.83. The maximum atomic E-state index is 12.4. The molecule has 1 heterocycles. The molecule has 0 aliphatic heterocycles. The molecule has 9 nitrogen and oxygen atoms in total. The minimum absolute atomic E-state index is 0.0454. The molecular formula is C31H29N3O6. The molecule has 0 saturated heterocycles. The third kappa shape index (κ3) is 8.42. The van der Waals surface area contributed by atoms with Crippen molar-refractivity contribution in [2.45, 2.75) is 19.1 Å². The van der Waals surface area contributed by atoms with Crippen LogP contribution >= 0.6 is 0 Å². The van der Waals surface area contributed by atoms with Crippen LogP contribution < -0.4 is 15.4 Å². The summed E-state index contributed by atoms with van der Waals surface area (Å²) in [6, 6.07) is 27.7. The lowest BCUT2D eigenvalue weighted by molar-refractivity contribution is -0.139. The maximum Gasteiger partial charge on any atom is 0.408 e. The summed E-state index contributed by atoms with van der Waals surface area (Å²) >= 11 is 0. The van der Waals surface area contributed by atoms with E-state index in [1.54, 1.807) is 42.6 Å². The van der Waals surface area contributed by atoms with E-state index in [1.807, 2.05) is 60.7 Å². The van der Waals surface area contributed by atoms with E-state index >= 15 is 0 Å². The molecule has 40 heavy (non-hydrogen) atoms. The standard InChI is InChI=1S/C31H29N3O6/c35-29(25-13-11-24(12-14-25)27-8-4-5-17-32-27)33-18-19-39-26-15-9-22(10-16-26)20-28(30(36)37)34-31(38)40-21-23-6-2-1-3-7-23/h1-17,28H,18-21H2,(H,33,35)(H,34,38)(H,36,37)/t28-/m0/s1. The summed E-state index contributed by atoms with van der Waals surface area (Å²) in [5, 5.41) is 14.7. The number of rotatable bonds is 12. The summed E-state index contributed by atoms with van der Waals surface area (Å²) in [7, 11) is 0. The Morgan fingerprint density at radius 2 is 1.55 bits per heavy atom. The molecule has 9 heteroatoms. The van der Waals surface area contributed by atoms with Crippen molar-refractivity contribution < 1.29 is 29.0 Å². The van der Waals surface area contributed by atoms with Gasteiger partial charge in [-0.3, -0.25) is 9.78 Å². The van der Waals surface area contributed by atoms with Crippen LogP contribution in [0.2, 0.25) is 0 Å². The van der Waals surface area contributed by atoms with E-state index in [9.17, 15) is 19.5 Å². The van der Waals surface area contributed by atoms with E-state index in [2.05, 4.69) is 15.6 Å². The van der Waals surface area contributed by atoms with Crippen LogP contribution in [-0.2, 0) is 22.6 Å². The number of amides is 2. The van der Waals surface area contributed by atoms with Crippen LogP contribution in [0.25, 0.3) is 11.3 Å². The quantitative estimate of drug-likeness (QED) is 0.227. The van der Waals surface area contributed by atoms with E-state index in [4.69, 9.17) is 9.47 Å². The molecule has 0 radical (unpaired) electrons. The van der Waals surface area contributed by atoms with Gasteiger partial charge in [0, 0.05) is 23.7 Å². The smallest absolute Gasteiger partial charge is 0.408 e. The molecular weight excluding hydrogens is 510 g/mol. The number of hydrogen-bond acceptors (Lipinski definition) is 6. The van der Waals surface area contributed by atoms with E-state index in [0.717, 1.165) is 16.8 Å². The Hall–Kier alpha value is -5.18. The summed E-state index contributed by atoms with van der Waals surface area (Å²) < 4.78 is 10.8. The van der Waals surface area contributed by atoms with Gasteiger partial charge in [-0.25, -0.2) is 9.59 Å². The van der Waals surface area contributed by atoms with Crippen LogP contribution in [0.15, 0.2) is 103 Å². The van der Waals surface area contributed by atoms with Gasteiger partial charge >= 0.3 is 12.1 Å². The zero-order valence-electron chi connectivity index (χ0n) is 21.7.